The van der Waals surface area contributed by atoms with E-state index in [1.807, 2.05) is 0 Å². The van der Waals surface area contributed by atoms with Crippen LogP contribution in [0.5, 0.6) is 0 Å². The Balaban J connectivity index is 0.000001000. The minimum absolute atomic E-state index is 0. The molecule has 0 fully saturated rings. The zero-order valence-electron chi connectivity index (χ0n) is 7.21. The fraction of sp³-hybridized carbons (Fsp3) is 0.875. The van der Waals surface area contributed by atoms with Crippen molar-refractivity contribution >= 4 is 18.2 Å². The summed E-state index contributed by atoms with van der Waals surface area (Å²) in [6.45, 7) is 4.37. The van der Waals surface area contributed by atoms with Crippen LogP contribution in [-0.4, -0.2) is 11.9 Å². The highest BCUT2D eigenvalue weighted by Gasteiger charge is 2.12. The number of hydrogen-bond acceptors (Lipinski definition) is 2. The van der Waals surface area contributed by atoms with Crippen LogP contribution in [0.2, 0.25) is 0 Å². The van der Waals surface area contributed by atoms with Gasteiger partial charge in [-0.25, -0.2) is 0 Å². The van der Waals surface area contributed by atoms with Gasteiger partial charge < -0.3 is 5.73 Å². The molecule has 0 radical (unpaired) electrons. The molecule has 0 aromatic heterocycles. The summed E-state index contributed by atoms with van der Waals surface area (Å²) in [5.41, 5.74) is 5.67. The first-order chi connectivity index (χ1) is 4.68. The Hall–Kier alpha value is -0.240. The fourth-order valence-electron chi connectivity index (χ4n) is 1.39. The normalized spacial score (nSPS) is 31.6. The zero-order valence-corrected chi connectivity index (χ0v) is 8.03. The molecule has 0 saturated carbocycles. The maximum absolute atomic E-state index is 5.67. The number of rotatable bonds is 0. The molecule has 2 unspecified atom stereocenters. The monoisotopic (exact) mass is 176 g/mol. The van der Waals surface area contributed by atoms with Crippen LogP contribution in [-0.2, 0) is 0 Å². The number of halogens is 1. The third-order valence-corrected chi connectivity index (χ3v) is 2.02. The third kappa shape index (κ3) is 3.61. The van der Waals surface area contributed by atoms with Gasteiger partial charge in [-0.2, -0.15) is 0 Å². The van der Waals surface area contributed by atoms with Crippen molar-refractivity contribution in [1.82, 2.24) is 0 Å². The van der Waals surface area contributed by atoms with Crippen LogP contribution < -0.4 is 5.73 Å². The number of nitrogens with two attached hydrogens (primary N) is 1. The van der Waals surface area contributed by atoms with E-state index in [2.05, 4.69) is 18.8 Å². The molecule has 3 heteroatoms. The number of hydrogen-bond donors (Lipinski definition) is 1. The summed E-state index contributed by atoms with van der Waals surface area (Å²) in [6.07, 6.45) is 3.46. The van der Waals surface area contributed by atoms with Crippen LogP contribution in [0.3, 0.4) is 0 Å². The van der Waals surface area contributed by atoms with Crippen LogP contribution in [0, 0.1) is 5.92 Å². The van der Waals surface area contributed by atoms with Gasteiger partial charge in [0.2, 0.25) is 0 Å². The van der Waals surface area contributed by atoms with Crippen LogP contribution in [0.25, 0.3) is 0 Å². The van der Waals surface area contributed by atoms with E-state index in [9.17, 15) is 0 Å². The molecule has 11 heavy (non-hydrogen) atoms. The molecule has 1 rings (SSSR count). The van der Waals surface area contributed by atoms with Gasteiger partial charge in [0.05, 0.1) is 5.84 Å². The largest absolute Gasteiger partial charge is 0.387 e. The van der Waals surface area contributed by atoms with Crippen LogP contribution in [0.4, 0.5) is 0 Å². The molecule has 2 nitrogen and oxygen atoms in total. The van der Waals surface area contributed by atoms with Crippen molar-refractivity contribution < 1.29 is 0 Å². The van der Waals surface area contributed by atoms with Gasteiger partial charge in [0.25, 0.3) is 0 Å². The Morgan fingerprint density at radius 3 is 2.64 bits per heavy atom. The average molecular weight is 177 g/mol. The van der Waals surface area contributed by atoms with Gasteiger partial charge in [-0.1, -0.05) is 6.92 Å². The van der Waals surface area contributed by atoms with Gasteiger partial charge in [-0.05, 0) is 25.7 Å². The summed E-state index contributed by atoms with van der Waals surface area (Å²) < 4.78 is 0. The van der Waals surface area contributed by atoms with E-state index < -0.39 is 0 Å². The second kappa shape index (κ2) is 4.60. The standard InChI is InChI=1S/C8H16N2.ClH/c1-6-3-4-7(2)10-8(9)5-6;/h6-7H,3-5H2,1-2H3,(H2,9,10);1H. The Morgan fingerprint density at radius 1 is 1.36 bits per heavy atom. The quantitative estimate of drug-likeness (QED) is 0.602. The Kier molecular flexibility index (Phi) is 4.50. The number of aliphatic imine (C=N–C) groups is 1. The van der Waals surface area contributed by atoms with Crippen LogP contribution in [0.15, 0.2) is 4.99 Å². The second-order valence-corrected chi connectivity index (χ2v) is 3.36. The number of amidine groups is 1. The maximum Gasteiger partial charge on any atom is 0.0943 e. The van der Waals surface area contributed by atoms with Crippen molar-refractivity contribution in [2.45, 2.75) is 39.2 Å². The molecule has 0 saturated heterocycles. The molecule has 2 N–H and O–H groups in total. The SMILES string of the molecule is CC1CCC(C)N=C(N)C1.Cl. The molecule has 0 bridgehead atoms. The molecule has 0 aromatic rings. The van der Waals surface area contributed by atoms with Gasteiger partial charge in [0, 0.05) is 12.5 Å². The predicted molar refractivity (Wildman–Crippen MR) is 51.3 cm³/mol. The molecule has 2 atom stereocenters. The van der Waals surface area contributed by atoms with Crippen LogP contribution >= 0.6 is 12.4 Å². The highest BCUT2D eigenvalue weighted by atomic mass is 35.5. The molecule has 0 aliphatic carbocycles. The lowest BCUT2D eigenvalue weighted by Crippen LogP contribution is -2.14. The maximum atomic E-state index is 5.67. The van der Waals surface area contributed by atoms with E-state index in [1.165, 1.54) is 12.8 Å². The summed E-state index contributed by atoms with van der Waals surface area (Å²) in [7, 11) is 0. The van der Waals surface area contributed by atoms with Crippen molar-refractivity contribution in [2.24, 2.45) is 16.6 Å². The molecule has 0 amide bonds. The van der Waals surface area contributed by atoms with Gasteiger partial charge >= 0.3 is 0 Å². The lowest BCUT2D eigenvalue weighted by atomic mass is 10.0. The Labute approximate surface area is 74.7 Å². The molecule has 1 aliphatic heterocycles. The first kappa shape index (κ1) is 10.8. The summed E-state index contributed by atoms with van der Waals surface area (Å²) >= 11 is 0. The van der Waals surface area contributed by atoms with Crippen molar-refractivity contribution in [2.75, 3.05) is 0 Å². The minimum atomic E-state index is 0. The molecule has 0 aromatic carbocycles. The van der Waals surface area contributed by atoms with E-state index >= 15 is 0 Å². The predicted octanol–water partition coefficient (Wildman–Crippen LogP) is 1.97. The number of nitrogens with zero attached hydrogens (tertiary/aromatic N) is 1. The van der Waals surface area contributed by atoms with E-state index in [-0.39, 0.29) is 12.4 Å². The van der Waals surface area contributed by atoms with Gasteiger partial charge in [-0.15, -0.1) is 12.4 Å². The smallest absolute Gasteiger partial charge is 0.0943 e. The van der Waals surface area contributed by atoms with Crippen molar-refractivity contribution in [3.8, 4) is 0 Å². The van der Waals surface area contributed by atoms with Crippen molar-refractivity contribution in [1.29, 1.82) is 0 Å². The molecule has 1 aliphatic rings. The van der Waals surface area contributed by atoms with E-state index in [4.69, 9.17) is 5.73 Å². The summed E-state index contributed by atoms with van der Waals surface area (Å²) in [6, 6.07) is 0.449. The highest BCUT2D eigenvalue weighted by Crippen LogP contribution is 2.17. The van der Waals surface area contributed by atoms with E-state index in [1.54, 1.807) is 0 Å². The van der Waals surface area contributed by atoms with Gasteiger partial charge in [0.1, 0.15) is 0 Å². The average Bonchev–Trinajstić information content (AvgIpc) is 1.93. The van der Waals surface area contributed by atoms with Gasteiger partial charge in [-0.3, -0.25) is 4.99 Å². The molecular weight excluding hydrogens is 160 g/mol. The van der Waals surface area contributed by atoms with Crippen LogP contribution in [0.1, 0.15) is 33.1 Å². The first-order valence-electron chi connectivity index (χ1n) is 4.00. The lowest BCUT2D eigenvalue weighted by molar-refractivity contribution is 0.514. The Bertz CT molecular complexity index is 145. The Morgan fingerprint density at radius 2 is 2.00 bits per heavy atom. The molecular formula is C8H17ClN2. The summed E-state index contributed by atoms with van der Waals surface area (Å²) in [5.74, 6) is 1.58. The lowest BCUT2D eigenvalue weighted by Gasteiger charge is -2.04. The molecule has 1 heterocycles. The van der Waals surface area contributed by atoms with Crippen molar-refractivity contribution in [3.05, 3.63) is 0 Å². The minimum Gasteiger partial charge on any atom is -0.387 e. The third-order valence-electron chi connectivity index (χ3n) is 2.02. The van der Waals surface area contributed by atoms with E-state index in [0.29, 0.717) is 6.04 Å². The topological polar surface area (TPSA) is 38.4 Å². The van der Waals surface area contributed by atoms with E-state index in [0.717, 1.165) is 18.2 Å². The fourth-order valence-corrected chi connectivity index (χ4v) is 1.39. The highest BCUT2D eigenvalue weighted by molar-refractivity contribution is 5.85. The zero-order chi connectivity index (χ0) is 7.56. The molecule has 0 spiro atoms. The first-order valence-corrected chi connectivity index (χ1v) is 4.00. The van der Waals surface area contributed by atoms with Gasteiger partial charge in [0.15, 0.2) is 0 Å². The molecule has 66 valence electrons. The van der Waals surface area contributed by atoms with Crippen molar-refractivity contribution in [3.63, 3.8) is 0 Å². The summed E-state index contributed by atoms with van der Waals surface area (Å²) in [4.78, 5) is 4.32. The summed E-state index contributed by atoms with van der Waals surface area (Å²) in [5, 5.41) is 0. The second-order valence-electron chi connectivity index (χ2n) is 3.36.